The quantitative estimate of drug-likeness (QED) is 0.851. The van der Waals surface area contributed by atoms with Gasteiger partial charge in [-0.3, -0.25) is 0 Å². The Morgan fingerprint density at radius 2 is 1.95 bits per heavy atom. The van der Waals surface area contributed by atoms with Crippen LogP contribution in [0.5, 0.6) is 0 Å². The summed E-state index contributed by atoms with van der Waals surface area (Å²) in [5, 5.41) is 0. The number of aromatic nitrogens is 1. The molecule has 2 N–H and O–H groups in total. The van der Waals surface area contributed by atoms with Crippen LogP contribution in [0.3, 0.4) is 0 Å². The fourth-order valence-corrected chi connectivity index (χ4v) is 4.40. The van der Waals surface area contributed by atoms with Crippen LogP contribution < -0.4 is 10.6 Å². The number of piperidine rings is 1. The summed E-state index contributed by atoms with van der Waals surface area (Å²) in [7, 11) is 0. The molecule has 2 atom stereocenters. The predicted octanol–water partition coefficient (Wildman–Crippen LogP) is 3.35. The van der Waals surface area contributed by atoms with Crippen LogP contribution in [-0.4, -0.2) is 23.1 Å². The summed E-state index contributed by atoms with van der Waals surface area (Å²) < 4.78 is 0. The minimum Gasteiger partial charge on any atom is -0.389 e. The number of fused-ring (bicyclic) bond motifs is 1. The first-order chi connectivity index (χ1) is 10.1. The first-order valence-electron chi connectivity index (χ1n) is 8.09. The SMILES string of the molecule is Cc1cc(C)c(C(N)=S)c(N2CCC3CCCCC3C2)n1. The van der Waals surface area contributed by atoms with Gasteiger partial charge in [0.05, 0.1) is 5.56 Å². The van der Waals surface area contributed by atoms with Crippen LogP contribution in [0.25, 0.3) is 0 Å². The lowest BCUT2D eigenvalue weighted by Gasteiger charge is -2.42. The molecule has 1 aromatic rings. The van der Waals surface area contributed by atoms with E-state index in [1.54, 1.807) is 0 Å². The van der Waals surface area contributed by atoms with Crippen LogP contribution >= 0.6 is 12.2 Å². The number of hydrogen-bond acceptors (Lipinski definition) is 3. The molecule has 2 unspecified atom stereocenters. The number of aryl methyl sites for hydroxylation is 2. The number of rotatable bonds is 2. The zero-order chi connectivity index (χ0) is 15.0. The standard InChI is InChI=1S/C17H25N3S/c1-11-9-12(2)19-17(15(11)16(18)21)20-8-7-13-5-3-4-6-14(13)10-20/h9,13-14H,3-8,10H2,1-2H3,(H2,18,21). The largest absolute Gasteiger partial charge is 0.389 e. The molecular weight excluding hydrogens is 278 g/mol. The van der Waals surface area contributed by atoms with Crippen LogP contribution in [0, 0.1) is 25.7 Å². The lowest BCUT2D eigenvalue weighted by atomic mass is 9.75. The number of nitrogens with zero attached hydrogens (tertiary/aromatic N) is 2. The summed E-state index contributed by atoms with van der Waals surface area (Å²) in [6.07, 6.45) is 6.88. The van der Waals surface area contributed by atoms with E-state index in [4.69, 9.17) is 22.9 Å². The van der Waals surface area contributed by atoms with Gasteiger partial charge in [0, 0.05) is 18.8 Å². The molecule has 21 heavy (non-hydrogen) atoms. The highest BCUT2D eigenvalue weighted by atomic mass is 32.1. The second kappa shape index (κ2) is 5.91. The van der Waals surface area contributed by atoms with Gasteiger partial charge in [-0.1, -0.05) is 31.5 Å². The average molecular weight is 303 g/mol. The van der Waals surface area contributed by atoms with Gasteiger partial charge in [0.25, 0.3) is 0 Å². The van der Waals surface area contributed by atoms with Crippen molar-refractivity contribution in [3.63, 3.8) is 0 Å². The Kier molecular flexibility index (Phi) is 4.16. The maximum atomic E-state index is 5.97. The van der Waals surface area contributed by atoms with E-state index in [-0.39, 0.29) is 0 Å². The molecular formula is C17H25N3S. The molecule has 4 heteroatoms. The molecule has 2 heterocycles. The van der Waals surface area contributed by atoms with Crippen molar-refractivity contribution < 1.29 is 0 Å². The predicted molar refractivity (Wildman–Crippen MR) is 91.9 cm³/mol. The van der Waals surface area contributed by atoms with Gasteiger partial charge in [-0.25, -0.2) is 4.98 Å². The molecule has 2 fully saturated rings. The van der Waals surface area contributed by atoms with Crippen LogP contribution in [-0.2, 0) is 0 Å². The maximum absolute atomic E-state index is 5.97. The third kappa shape index (κ3) is 2.91. The van der Waals surface area contributed by atoms with Gasteiger partial charge < -0.3 is 10.6 Å². The first kappa shape index (κ1) is 14.8. The minimum atomic E-state index is 0.473. The molecule has 0 spiro atoms. The van der Waals surface area contributed by atoms with E-state index in [1.165, 1.54) is 32.1 Å². The molecule has 3 rings (SSSR count). The topological polar surface area (TPSA) is 42.1 Å². The van der Waals surface area contributed by atoms with Crippen molar-refractivity contribution in [3.05, 3.63) is 22.9 Å². The monoisotopic (exact) mass is 303 g/mol. The van der Waals surface area contributed by atoms with Crippen LogP contribution in [0.1, 0.15) is 48.9 Å². The van der Waals surface area contributed by atoms with E-state index in [9.17, 15) is 0 Å². The summed E-state index contributed by atoms with van der Waals surface area (Å²) in [6.45, 7) is 6.34. The van der Waals surface area contributed by atoms with Crippen molar-refractivity contribution in [2.24, 2.45) is 17.6 Å². The van der Waals surface area contributed by atoms with Gasteiger partial charge >= 0.3 is 0 Å². The summed E-state index contributed by atoms with van der Waals surface area (Å²) in [6, 6.07) is 2.07. The van der Waals surface area contributed by atoms with Gasteiger partial charge in [-0.05, 0) is 50.2 Å². The Labute approximate surface area is 132 Å². The zero-order valence-corrected chi connectivity index (χ0v) is 13.9. The second-order valence-corrected chi connectivity index (χ2v) is 7.12. The van der Waals surface area contributed by atoms with Crippen molar-refractivity contribution in [1.82, 2.24) is 4.98 Å². The molecule has 1 saturated heterocycles. The van der Waals surface area contributed by atoms with Gasteiger partial charge in [-0.15, -0.1) is 0 Å². The first-order valence-corrected chi connectivity index (χ1v) is 8.50. The Bertz CT molecular complexity index is 555. The Morgan fingerprint density at radius 1 is 1.24 bits per heavy atom. The normalized spacial score (nSPS) is 25.5. The van der Waals surface area contributed by atoms with E-state index in [2.05, 4.69) is 17.9 Å². The number of anilines is 1. The van der Waals surface area contributed by atoms with Gasteiger partial charge in [0.2, 0.25) is 0 Å². The second-order valence-electron chi connectivity index (χ2n) is 6.68. The summed E-state index contributed by atoms with van der Waals surface area (Å²) >= 11 is 5.28. The fourth-order valence-electron chi connectivity index (χ4n) is 4.14. The van der Waals surface area contributed by atoms with Crippen molar-refractivity contribution in [2.75, 3.05) is 18.0 Å². The summed E-state index contributed by atoms with van der Waals surface area (Å²) in [5.41, 5.74) is 9.14. The molecule has 1 saturated carbocycles. The third-order valence-corrected chi connectivity index (χ3v) is 5.37. The number of nitrogens with two attached hydrogens (primary N) is 1. The average Bonchev–Trinajstić information content (AvgIpc) is 2.45. The van der Waals surface area contributed by atoms with Crippen molar-refractivity contribution >= 4 is 23.0 Å². The van der Waals surface area contributed by atoms with Crippen molar-refractivity contribution in [2.45, 2.75) is 46.0 Å². The fraction of sp³-hybridized carbons (Fsp3) is 0.647. The minimum absolute atomic E-state index is 0.473. The number of hydrogen-bond donors (Lipinski definition) is 1. The molecule has 2 aliphatic rings. The highest BCUT2D eigenvalue weighted by Crippen LogP contribution is 2.38. The van der Waals surface area contributed by atoms with Crippen LogP contribution in [0.2, 0.25) is 0 Å². The molecule has 1 aromatic heterocycles. The Morgan fingerprint density at radius 3 is 2.67 bits per heavy atom. The van der Waals surface area contributed by atoms with E-state index < -0.39 is 0 Å². The van der Waals surface area contributed by atoms with Gasteiger partial charge in [0.15, 0.2) is 0 Å². The zero-order valence-electron chi connectivity index (χ0n) is 13.1. The van der Waals surface area contributed by atoms with Gasteiger partial charge in [0.1, 0.15) is 10.8 Å². The highest BCUT2D eigenvalue weighted by molar-refractivity contribution is 7.80. The van der Waals surface area contributed by atoms with Gasteiger partial charge in [-0.2, -0.15) is 0 Å². The lowest BCUT2D eigenvalue weighted by Crippen LogP contribution is -2.43. The molecule has 114 valence electrons. The Hall–Kier alpha value is -1.16. The summed E-state index contributed by atoms with van der Waals surface area (Å²) in [5.74, 6) is 2.77. The van der Waals surface area contributed by atoms with Crippen molar-refractivity contribution in [1.29, 1.82) is 0 Å². The smallest absolute Gasteiger partial charge is 0.139 e. The molecule has 0 amide bonds. The third-order valence-electron chi connectivity index (χ3n) is 5.16. The van der Waals surface area contributed by atoms with E-state index >= 15 is 0 Å². The van der Waals surface area contributed by atoms with Crippen LogP contribution in [0.4, 0.5) is 5.82 Å². The maximum Gasteiger partial charge on any atom is 0.139 e. The lowest BCUT2D eigenvalue weighted by molar-refractivity contribution is 0.202. The Balaban J connectivity index is 1.91. The van der Waals surface area contributed by atoms with Crippen LogP contribution in [0.15, 0.2) is 6.07 Å². The van der Waals surface area contributed by atoms with Crippen molar-refractivity contribution in [3.8, 4) is 0 Å². The van der Waals surface area contributed by atoms with E-state index in [1.807, 2.05) is 6.92 Å². The highest BCUT2D eigenvalue weighted by Gasteiger charge is 2.32. The van der Waals surface area contributed by atoms with E-state index in [0.29, 0.717) is 4.99 Å². The molecule has 0 radical (unpaired) electrons. The number of thiocarbonyl (C=S) groups is 1. The molecule has 3 nitrogen and oxygen atoms in total. The molecule has 0 bridgehead atoms. The molecule has 1 aliphatic heterocycles. The molecule has 1 aliphatic carbocycles. The summed E-state index contributed by atoms with van der Waals surface area (Å²) in [4.78, 5) is 7.68. The van der Waals surface area contributed by atoms with E-state index in [0.717, 1.165) is 47.6 Å². The number of pyridine rings is 1. The molecule has 0 aromatic carbocycles.